The molecule has 0 radical (unpaired) electrons. The summed E-state index contributed by atoms with van der Waals surface area (Å²) in [6, 6.07) is 16.3. The van der Waals surface area contributed by atoms with Crippen molar-refractivity contribution in [1.29, 1.82) is 0 Å². The number of fused-ring (bicyclic) bond motifs is 6. The molecule has 0 saturated heterocycles. The highest BCUT2D eigenvalue weighted by atomic mass is 19.1. The first-order chi connectivity index (χ1) is 11.2. The summed E-state index contributed by atoms with van der Waals surface area (Å²) >= 11 is 0. The largest absolute Gasteiger partial charge is 0.361 e. The van der Waals surface area contributed by atoms with Crippen LogP contribution >= 0.6 is 0 Å². The van der Waals surface area contributed by atoms with Crippen LogP contribution < -0.4 is 10.6 Å². The highest BCUT2D eigenvalue weighted by Gasteiger charge is 2.53. The number of nitrogens with one attached hydrogen (secondary N) is 2. The van der Waals surface area contributed by atoms with Crippen LogP contribution in [0.3, 0.4) is 0 Å². The quantitative estimate of drug-likeness (QED) is 0.670. The van der Waals surface area contributed by atoms with E-state index in [9.17, 15) is 9.18 Å². The Morgan fingerprint density at radius 1 is 1.00 bits per heavy atom. The van der Waals surface area contributed by atoms with Gasteiger partial charge in [0.1, 0.15) is 5.82 Å². The molecule has 2 aromatic carbocycles. The molecule has 0 aliphatic carbocycles. The second-order valence-corrected chi connectivity index (χ2v) is 5.77. The molecule has 2 aliphatic rings. The second kappa shape index (κ2) is 4.01. The van der Waals surface area contributed by atoms with Gasteiger partial charge in [-0.05, 0) is 30.3 Å². The molecule has 2 aliphatic heterocycles. The fourth-order valence-corrected chi connectivity index (χ4v) is 3.62. The molecule has 5 rings (SSSR count). The van der Waals surface area contributed by atoms with Gasteiger partial charge in [0.25, 0.3) is 5.91 Å². The SMILES string of the molecule is O=C1Nc2c(F)cccc2C12Nc1ccccc1-n1cccc12. The summed E-state index contributed by atoms with van der Waals surface area (Å²) in [7, 11) is 0. The smallest absolute Gasteiger partial charge is 0.261 e. The third kappa shape index (κ3) is 1.37. The summed E-state index contributed by atoms with van der Waals surface area (Å²) in [5, 5.41) is 6.05. The number of benzene rings is 2. The summed E-state index contributed by atoms with van der Waals surface area (Å²) in [4.78, 5) is 12.9. The number of carbonyl (C=O) groups is 1. The van der Waals surface area contributed by atoms with Gasteiger partial charge in [0.2, 0.25) is 0 Å². The zero-order valence-electron chi connectivity index (χ0n) is 12.0. The van der Waals surface area contributed by atoms with Gasteiger partial charge in [0, 0.05) is 11.8 Å². The lowest BCUT2D eigenvalue weighted by Crippen LogP contribution is -2.47. The van der Waals surface area contributed by atoms with Gasteiger partial charge >= 0.3 is 0 Å². The fourth-order valence-electron chi connectivity index (χ4n) is 3.62. The molecule has 0 bridgehead atoms. The number of halogens is 1. The second-order valence-electron chi connectivity index (χ2n) is 5.77. The van der Waals surface area contributed by atoms with E-state index in [1.54, 1.807) is 12.1 Å². The Morgan fingerprint density at radius 2 is 1.87 bits per heavy atom. The van der Waals surface area contributed by atoms with Gasteiger partial charge in [-0.1, -0.05) is 24.3 Å². The van der Waals surface area contributed by atoms with Crippen LogP contribution in [-0.2, 0) is 10.3 Å². The molecule has 112 valence electrons. The molecule has 23 heavy (non-hydrogen) atoms. The predicted molar refractivity (Wildman–Crippen MR) is 85.2 cm³/mol. The van der Waals surface area contributed by atoms with Crippen LogP contribution in [-0.4, -0.2) is 10.5 Å². The molecule has 2 N–H and O–H groups in total. The van der Waals surface area contributed by atoms with E-state index >= 15 is 0 Å². The molecule has 5 heteroatoms. The fraction of sp³-hybridized carbons (Fsp3) is 0.0556. The van der Waals surface area contributed by atoms with Crippen molar-refractivity contribution in [3.8, 4) is 5.69 Å². The summed E-state index contributed by atoms with van der Waals surface area (Å²) in [6.45, 7) is 0. The van der Waals surface area contributed by atoms with Gasteiger partial charge < -0.3 is 15.2 Å². The van der Waals surface area contributed by atoms with Gasteiger partial charge in [-0.25, -0.2) is 4.39 Å². The van der Waals surface area contributed by atoms with Crippen molar-refractivity contribution >= 4 is 17.3 Å². The predicted octanol–water partition coefficient (Wildman–Crippen LogP) is 3.24. The summed E-state index contributed by atoms with van der Waals surface area (Å²) < 4.78 is 16.1. The lowest BCUT2D eigenvalue weighted by atomic mass is 9.85. The maximum absolute atomic E-state index is 14.2. The van der Waals surface area contributed by atoms with E-state index in [0.717, 1.165) is 17.1 Å². The van der Waals surface area contributed by atoms with Crippen molar-refractivity contribution in [3.05, 3.63) is 77.9 Å². The number of hydrogen-bond acceptors (Lipinski definition) is 2. The van der Waals surface area contributed by atoms with Crippen molar-refractivity contribution in [3.63, 3.8) is 0 Å². The molecule has 1 atom stereocenters. The number of anilines is 2. The average Bonchev–Trinajstić information content (AvgIpc) is 3.15. The monoisotopic (exact) mass is 305 g/mol. The van der Waals surface area contributed by atoms with E-state index in [0.29, 0.717) is 5.56 Å². The molecule has 1 unspecified atom stereocenters. The van der Waals surface area contributed by atoms with E-state index in [-0.39, 0.29) is 11.6 Å². The normalized spacial score (nSPS) is 20.5. The minimum atomic E-state index is -1.12. The molecule has 4 nitrogen and oxygen atoms in total. The van der Waals surface area contributed by atoms with Crippen molar-refractivity contribution in [1.82, 2.24) is 4.57 Å². The third-order valence-electron chi connectivity index (χ3n) is 4.62. The first kappa shape index (κ1) is 12.5. The molecule has 1 aromatic heterocycles. The van der Waals surface area contributed by atoms with Crippen molar-refractivity contribution in [2.75, 3.05) is 10.6 Å². The van der Waals surface area contributed by atoms with Crippen LogP contribution in [0.2, 0.25) is 0 Å². The van der Waals surface area contributed by atoms with Crippen LogP contribution in [0.5, 0.6) is 0 Å². The number of para-hydroxylation sites is 3. The van der Waals surface area contributed by atoms with Gasteiger partial charge in [0.15, 0.2) is 5.54 Å². The Bertz CT molecular complexity index is 978. The maximum Gasteiger partial charge on any atom is 0.261 e. The lowest BCUT2D eigenvalue weighted by molar-refractivity contribution is -0.118. The molecule has 3 aromatic rings. The molecule has 3 heterocycles. The molecule has 1 amide bonds. The molecule has 0 saturated carbocycles. The molecular formula is C18H12FN3O. The van der Waals surface area contributed by atoms with E-state index in [1.165, 1.54) is 6.07 Å². The van der Waals surface area contributed by atoms with Crippen LogP contribution in [0.25, 0.3) is 5.69 Å². The minimum absolute atomic E-state index is 0.247. The summed E-state index contributed by atoms with van der Waals surface area (Å²) in [6.07, 6.45) is 1.92. The van der Waals surface area contributed by atoms with Crippen molar-refractivity contribution in [2.24, 2.45) is 0 Å². The Labute approximate surface area is 131 Å². The first-order valence-corrected chi connectivity index (χ1v) is 7.38. The number of nitrogens with zero attached hydrogens (tertiary/aromatic N) is 1. The number of carbonyl (C=O) groups excluding carboxylic acids is 1. The zero-order valence-corrected chi connectivity index (χ0v) is 12.0. The summed E-state index contributed by atoms with van der Waals surface area (Å²) in [5.41, 5.74) is 2.32. The number of aromatic nitrogens is 1. The van der Waals surface area contributed by atoms with E-state index in [4.69, 9.17) is 0 Å². The molecular weight excluding hydrogens is 293 g/mol. The van der Waals surface area contributed by atoms with Gasteiger partial charge in [-0.3, -0.25) is 4.79 Å². The Kier molecular flexibility index (Phi) is 2.17. The number of amides is 1. The Morgan fingerprint density at radius 3 is 2.78 bits per heavy atom. The van der Waals surface area contributed by atoms with Crippen LogP contribution in [0.4, 0.5) is 15.8 Å². The van der Waals surface area contributed by atoms with Crippen molar-refractivity contribution < 1.29 is 9.18 Å². The van der Waals surface area contributed by atoms with Gasteiger partial charge in [-0.2, -0.15) is 0 Å². The molecule has 1 spiro atoms. The highest BCUT2D eigenvalue weighted by molar-refractivity contribution is 6.11. The van der Waals surface area contributed by atoms with Gasteiger partial charge in [0.05, 0.1) is 22.8 Å². The average molecular weight is 305 g/mol. The van der Waals surface area contributed by atoms with Crippen molar-refractivity contribution in [2.45, 2.75) is 5.54 Å². The van der Waals surface area contributed by atoms with E-state index < -0.39 is 11.4 Å². The number of hydrogen-bond donors (Lipinski definition) is 2. The minimum Gasteiger partial charge on any atom is -0.361 e. The maximum atomic E-state index is 14.2. The molecule has 0 fully saturated rings. The van der Waals surface area contributed by atoms with E-state index in [1.807, 2.05) is 47.2 Å². The van der Waals surface area contributed by atoms with Crippen LogP contribution in [0.1, 0.15) is 11.3 Å². The topological polar surface area (TPSA) is 46.1 Å². The lowest BCUT2D eigenvalue weighted by Gasteiger charge is -2.36. The van der Waals surface area contributed by atoms with Gasteiger partial charge in [-0.15, -0.1) is 0 Å². The first-order valence-electron chi connectivity index (χ1n) is 7.38. The van der Waals surface area contributed by atoms with E-state index in [2.05, 4.69) is 10.6 Å². The zero-order chi connectivity index (χ0) is 15.6. The van der Waals surface area contributed by atoms with Crippen LogP contribution in [0.15, 0.2) is 60.8 Å². The number of rotatable bonds is 0. The Balaban J connectivity index is 1.87. The standard InChI is InChI=1S/C18H12FN3O/c19-12-6-3-5-11-16(12)20-17(23)18(11)15-9-4-10-22(15)14-8-2-1-7-13(14)21-18/h1-10,21H,(H,20,23). The van der Waals surface area contributed by atoms with Crippen LogP contribution in [0, 0.1) is 5.82 Å². The Hall–Kier alpha value is -3.08. The highest BCUT2D eigenvalue weighted by Crippen LogP contribution is 2.48. The summed E-state index contributed by atoms with van der Waals surface area (Å²) in [5.74, 6) is -0.696. The third-order valence-corrected chi connectivity index (χ3v) is 4.62.